The summed E-state index contributed by atoms with van der Waals surface area (Å²) < 4.78 is 0. The van der Waals surface area contributed by atoms with Crippen LogP contribution in [0.25, 0.3) is 0 Å². The Morgan fingerprint density at radius 3 is 2.33 bits per heavy atom. The molecule has 0 fully saturated rings. The molecule has 2 aromatic carbocycles. The van der Waals surface area contributed by atoms with Crippen molar-refractivity contribution >= 4 is 23.5 Å². The first-order chi connectivity index (χ1) is 8.78. The second-order valence-electron chi connectivity index (χ2n) is 3.81. The maximum absolute atomic E-state index is 8.57. The first-order valence-electron chi connectivity index (χ1n) is 5.53. The third-order valence-corrected chi connectivity index (χ3v) is 2.70. The van der Waals surface area contributed by atoms with Crippen molar-refractivity contribution in [2.24, 2.45) is 4.99 Å². The van der Waals surface area contributed by atoms with Gasteiger partial charge in [0.05, 0.1) is 18.2 Å². The molecule has 0 spiro atoms. The van der Waals surface area contributed by atoms with Crippen LogP contribution in [0.15, 0.2) is 53.5 Å². The average Bonchev–Trinajstić information content (AvgIpc) is 2.40. The van der Waals surface area contributed by atoms with Crippen molar-refractivity contribution in [3.05, 3.63) is 64.7 Å². The molecule has 0 aromatic heterocycles. The number of hydrogen-bond acceptors (Lipinski definition) is 2. The minimum atomic E-state index is 0.432. The Bertz CT molecular complexity index is 577. The number of nitriles is 1. The van der Waals surface area contributed by atoms with Gasteiger partial charge in [-0.25, -0.2) is 0 Å². The Morgan fingerprint density at radius 1 is 1.06 bits per heavy atom. The van der Waals surface area contributed by atoms with E-state index in [9.17, 15) is 0 Å². The lowest BCUT2D eigenvalue weighted by molar-refractivity contribution is 1.26. The summed E-state index contributed by atoms with van der Waals surface area (Å²) in [6, 6.07) is 17.2. The summed E-state index contributed by atoms with van der Waals surface area (Å²) in [7, 11) is 0. The monoisotopic (exact) mass is 254 g/mol. The van der Waals surface area contributed by atoms with E-state index in [4.69, 9.17) is 16.9 Å². The van der Waals surface area contributed by atoms with Crippen LogP contribution in [0.3, 0.4) is 0 Å². The van der Waals surface area contributed by atoms with Gasteiger partial charge in [0.25, 0.3) is 0 Å². The van der Waals surface area contributed by atoms with Crippen molar-refractivity contribution < 1.29 is 0 Å². The summed E-state index contributed by atoms with van der Waals surface area (Å²) >= 11 is 5.81. The molecule has 88 valence electrons. The normalized spacial score (nSPS) is 10.4. The fourth-order valence-corrected chi connectivity index (χ4v) is 1.62. The first-order valence-corrected chi connectivity index (χ1v) is 5.91. The van der Waals surface area contributed by atoms with Gasteiger partial charge in [0.15, 0.2) is 0 Å². The predicted molar refractivity (Wildman–Crippen MR) is 74.5 cm³/mol. The maximum Gasteiger partial charge on any atom is 0.0669 e. The number of aliphatic imine (C=N–C) groups is 1. The molecule has 2 rings (SSSR count). The topological polar surface area (TPSA) is 36.1 Å². The molecule has 0 radical (unpaired) electrons. The third-order valence-electron chi connectivity index (χ3n) is 2.45. The molecule has 2 aromatic rings. The smallest absolute Gasteiger partial charge is 0.0669 e. The van der Waals surface area contributed by atoms with Crippen molar-refractivity contribution in [3.8, 4) is 6.07 Å². The summed E-state index contributed by atoms with van der Waals surface area (Å²) in [5.74, 6) is 0. The Balaban J connectivity index is 2.09. The fourth-order valence-electron chi connectivity index (χ4n) is 1.49. The standard InChI is InChI=1S/C15H11ClN2/c16-14-5-1-13(2-6-14)11-18-15-7-3-12(4-8-15)9-10-17/h1-8,11H,9H2. The SMILES string of the molecule is N#CCc1ccc(N=Cc2ccc(Cl)cc2)cc1. The van der Waals surface area contributed by atoms with Gasteiger partial charge in [0.2, 0.25) is 0 Å². The van der Waals surface area contributed by atoms with Crippen LogP contribution < -0.4 is 0 Å². The number of halogens is 1. The summed E-state index contributed by atoms with van der Waals surface area (Å²) in [4.78, 5) is 4.36. The molecule has 2 nitrogen and oxygen atoms in total. The molecule has 3 heteroatoms. The van der Waals surface area contributed by atoms with Gasteiger partial charge in [0.1, 0.15) is 0 Å². The molecule has 0 aliphatic carbocycles. The van der Waals surface area contributed by atoms with Crippen LogP contribution in [-0.2, 0) is 6.42 Å². The van der Waals surface area contributed by atoms with Gasteiger partial charge in [-0.15, -0.1) is 0 Å². The van der Waals surface area contributed by atoms with Gasteiger partial charge < -0.3 is 0 Å². The van der Waals surface area contributed by atoms with Crippen LogP contribution in [0.4, 0.5) is 5.69 Å². The summed E-state index contributed by atoms with van der Waals surface area (Å²) in [5.41, 5.74) is 2.87. The zero-order chi connectivity index (χ0) is 12.8. The predicted octanol–water partition coefficient (Wildman–Crippen LogP) is 4.16. The highest BCUT2D eigenvalue weighted by molar-refractivity contribution is 6.30. The lowest BCUT2D eigenvalue weighted by Gasteiger charge is -1.97. The first kappa shape index (κ1) is 12.3. The van der Waals surface area contributed by atoms with Crippen LogP contribution in [0.1, 0.15) is 11.1 Å². The van der Waals surface area contributed by atoms with Gasteiger partial charge in [0, 0.05) is 11.2 Å². The minimum absolute atomic E-state index is 0.432. The van der Waals surface area contributed by atoms with Crippen molar-refractivity contribution in [3.63, 3.8) is 0 Å². The number of rotatable bonds is 3. The van der Waals surface area contributed by atoms with E-state index in [1.54, 1.807) is 6.21 Å². The fraction of sp³-hybridized carbons (Fsp3) is 0.0667. The Labute approximate surface area is 111 Å². The highest BCUT2D eigenvalue weighted by Gasteiger charge is 1.93. The molecule has 0 saturated heterocycles. The zero-order valence-electron chi connectivity index (χ0n) is 9.68. The van der Waals surface area contributed by atoms with Crippen molar-refractivity contribution in [1.82, 2.24) is 0 Å². The average molecular weight is 255 g/mol. The number of hydrogen-bond donors (Lipinski definition) is 0. The van der Waals surface area contributed by atoms with E-state index in [2.05, 4.69) is 11.1 Å². The van der Waals surface area contributed by atoms with Crippen molar-refractivity contribution in [2.75, 3.05) is 0 Å². The second kappa shape index (κ2) is 6.00. The molecule has 0 atom stereocenters. The van der Waals surface area contributed by atoms with Crippen molar-refractivity contribution in [1.29, 1.82) is 5.26 Å². The molecule has 0 aliphatic heterocycles. The molecule has 0 unspecified atom stereocenters. The van der Waals surface area contributed by atoms with Gasteiger partial charge in [-0.1, -0.05) is 35.9 Å². The summed E-state index contributed by atoms with van der Waals surface area (Å²) in [5, 5.41) is 9.29. The van der Waals surface area contributed by atoms with Crippen LogP contribution in [0.5, 0.6) is 0 Å². The minimum Gasteiger partial charge on any atom is -0.256 e. The number of nitrogens with zero attached hydrogens (tertiary/aromatic N) is 2. The Hall–Kier alpha value is -2.11. The van der Waals surface area contributed by atoms with E-state index < -0.39 is 0 Å². The second-order valence-corrected chi connectivity index (χ2v) is 4.25. The van der Waals surface area contributed by atoms with E-state index in [0.717, 1.165) is 16.8 Å². The van der Waals surface area contributed by atoms with E-state index in [1.165, 1.54) is 0 Å². The number of benzene rings is 2. The maximum atomic E-state index is 8.57. The molecule has 0 amide bonds. The van der Waals surface area contributed by atoms with Crippen LogP contribution in [0, 0.1) is 11.3 Å². The molecule has 0 saturated carbocycles. The molecular formula is C15H11ClN2. The summed E-state index contributed by atoms with van der Waals surface area (Å²) in [6.45, 7) is 0. The highest BCUT2D eigenvalue weighted by atomic mass is 35.5. The molecule has 0 bridgehead atoms. The van der Waals surface area contributed by atoms with Crippen molar-refractivity contribution in [2.45, 2.75) is 6.42 Å². The van der Waals surface area contributed by atoms with E-state index in [0.29, 0.717) is 11.4 Å². The third kappa shape index (κ3) is 3.44. The van der Waals surface area contributed by atoms with Crippen LogP contribution in [0.2, 0.25) is 5.02 Å². The van der Waals surface area contributed by atoms with Crippen LogP contribution >= 0.6 is 11.6 Å². The Morgan fingerprint density at radius 2 is 1.72 bits per heavy atom. The molecule has 0 N–H and O–H groups in total. The quantitative estimate of drug-likeness (QED) is 0.758. The lowest BCUT2D eigenvalue weighted by atomic mass is 10.1. The molecule has 0 aliphatic rings. The molecule has 18 heavy (non-hydrogen) atoms. The summed E-state index contributed by atoms with van der Waals surface area (Å²) in [6.07, 6.45) is 2.22. The van der Waals surface area contributed by atoms with E-state index in [-0.39, 0.29) is 0 Å². The molecule has 0 heterocycles. The zero-order valence-corrected chi connectivity index (χ0v) is 10.4. The van der Waals surface area contributed by atoms with Gasteiger partial charge >= 0.3 is 0 Å². The van der Waals surface area contributed by atoms with Crippen LogP contribution in [-0.4, -0.2) is 6.21 Å². The van der Waals surface area contributed by atoms with Gasteiger partial charge in [-0.05, 0) is 35.4 Å². The Kier molecular flexibility index (Phi) is 4.11. The van der Waals surface area contributed by atoms with Gasteiger partial charge in [-0.2, -0.15) is 5.26 Å². The molecular weight excluding hydrogens is 244 g/mol. The van der Waals surface area contributed by atoms with Gasteiger partial charge in [-0.3, -0.25) is 4.99 Å². The highest BCUT2D eigenvalue weighted by Crippen LogP contribution is 2.14. The lowest BCUT2D eigenvalue weighted by Crippen LogP contribution is -1.81. The largest absolute Gasteiger partial charge is 0.256 e. The van der Waals surface area contributed by atoms with E-state index in [1.807, 2.05) is 48.5 Å². The van der Waals surface area contributed by atoms with E-state index >= 15 is 0 Å².